The van der Waals surface area contributed by atoms with Crippen LogP contribution in [0.15, 0.2) is 24.3 Å². The van der Waals surface area contributed by atoms with Gasteiger partial charge in [-0.15, -0.1) is 0 Å². The van der Waals surface area contributed by atoms with E-state index in [0.717, 1.165) is 5.75 Å². The van der Waals surface area contributed by atoms with E-state index in [1.54, 1.807) is 0 Å². The van der Waals surface area contributed by atoms with Crippen LogP contribution >= 0.6 is 0 Å². The van der Waals surface area contributed by atoms with Crippen LogP contribution in [0.25, 0.3) is 0 Å². The molecule has 25 heavy (non-hydrogen) atoms. The number of Topliss-reactive ketones (excluding diaryl/α,β-unsaturated/α-hetero) is 1. The Hall–Kier alpha value is -0.876. The molecule has 0 aliphatic heterocycles. The second-order valence-corrected chi connectivity index (χ2v) is 20.8. The van der Waals surface area contributed by atoms with Crippen molar-refractivity contribution in [3.05, 3.63) is 29.8 Å². The van der Waals surface area contributed by atoms with Crippen molar-refractivity contribution in [3.63, 3.8) is 0 Å². The third-order valence-electron chi connectivity index (χ3n) is 4.66. The van der Waals surface area contributed by atoms with Gasteiger partial charge in [0, 0.05) is 10.6 Å². The topological polar surface area (TPSA) is 26.3 Å². The van der Waals surface area contributed by atoms with E-state index in [-0.39, 0.29) is 16.0 Å². The lowest BCUT2D eigenvalue weighted by atomic mass is 9.87. The number of hydrogen-bond donors (Lipinski definition) is 0. The first-order valence-corrected chi connectivity index (χ1v) is 15.9. The molecule has 0 heterocycles. The Bertz CT molecular complexity index is 597. The van der Waals surface area contributed by atoms with E-state index in [9.17, 15) is 4.79 Å². The predicted molar refractivity (Wildman–Crippen MR) is 115 cm³/mol. The fourth-order valence-electron chi connectivity index (χ4n) is 3.57. The summed E-state index contributed by atoms with van der Waals surface area (Å²) in [7, 11) is -3.94. The molecule has 0 radical (unpaired) electrons. The van der Waals surface area contributed by atoms with Gasteiger partial charge in [0.25, 0.3) is 8.32 Å². The summed E-state index contributed by atoms with van der Waals surface area (Å²) in [5.74, 6) is 1.27. The molecule has 1 rings (SSSR count). The second-order valence-electron chi connectivity index (χ2n) is 10.9. The summed E-state index contributed by atoms with van der Waals surface area (Å²) in [6.45, 7) is 24.0. The van der Waals surface area contributed by atoms with Crippen LogP contribution in [-0.2, 0) is 10.2 Å². The monoisotopic (exact) mass is 378 g/mol. The number of rotatable bonds is 5. The maximum Gasteiger partial charge on any atom is 0.252 e. The van der Waals surface area contributed by atoms with Gasteiger partial charge in [-0.2, -0.15) is 0 Å². The average Bonchev–Trinajstić information content (AvgIpc) is 2.34. The van der Waals surface area contributed by atoms with Crippen LogP contribution in [0.5, 0.6) is 5.75 Å². The second kappa shape index (κ2) is 7.03. The molecule has 0 fully saturated rings. The van der Waals surface area contributed by atoms with Crippen molar-refractivity contribution in [2.24, 2.45) is 5.41 Å². The number of ketones is 1. The van der Waals surface area contributed by atoms with Crippen LogP contribution in [0.4, 0.5) is 0 Å². The van der Waals surface area contributed by atoms with Gasteiger partial charge in [-0.3, -0.25) is 4.79 Å². The zero-order valence-corrected chi connectivity index (χ0v) is 20.2. The van der Waals surface area contributed by atoms with Crippen LogP contribution in [0, 0.1) is 5.41 Å². The highest BCUT2D eigenvalue weighted by Gasteiger charge is 2.50. The highest BCUT2D eigenvalue weighted by atomic mass is 28.4. The fraction of sp³-hybridized carbons (Fsp3) is 0.667. The van der Waals surface area contributed by atoms with Crippen molar-refractivity contribution in [1.82, 2.24) is 0 Å². The maximum absolute atomic E-state index is 13.2. The van der Waals surface area contributed by atoms with Gasteiger partial charge < -0.3 is 4.43 Å². The van der Waals surface area contributed by atoms with Gasteiger partial charge in [-0.05, 0) is 36.2 Å². The molecule has 0 aromatic heterocycles. The Morgan fingerprint density at radius 3 is 1.64 bits per heavy atom. The first-order chi connectivity index (χ1) is 11.0. The molecule has 0 N–H and O–H groups in total. The van der Waals surface area contributed by atoms with Crippen molar-refractivity contribution >= 4 is 22.2 Å². The molecular formula is C21H38O2Si2. The molecule has 0 aliphatic carbocycles. The number of hydrogen-bond acceptors (Lipinski definition) is 2. The molecule has 0 bridgehead atoms. The first-order valence-electron chi connectivity index (χ1n) is 9.30. The molecule has 1 atom stereocenters. The number of benzene rings is 1. The van der Waals surface area contributed by atoms with Crippen molar-refractivity contribution in [2.75, 3.05) is 0 Å². The molecule has 1 unspecified atom stereocenters. The van der Waals surface area contributed by atoms with Crippen LogP contribution in [0.2, 0.25) is 37.9 Å². The maximum atomic E-state index is 13.2. The summed E-state index contributed by atoms with van der Waals surface area (Å²) in [6.07, 6.45) is 0. The number of carbonyl (C=O) groups is 1. The molecule has 0 aliphatic rings. The van der Waals surface area contributed by atoms with Crippen molar-refractivity contribution in [3.8, 4) is 5.75 Å². The molecule has 0 amide bonds. The summed E-state index contributed by atoms with van der Waals surface area (Å²) >= 11 is 0. The lowest BCUT2D eigenvalue weighted by Crippen LogP contribution is -2.56. The van der Waals surface area contributed by atoms with E-state index in [1.807, 2.05) is 20.8 Å². The minimum Gasteiger partial charge on any atom is -0.544 e. The third kappa shape index (κ3) is 5.81. The van der Waals surface area contributed by atoms with Crippen LogP contribution in [0.1, 0.15) is 47.1 Å². The Balaban J connectivity index is 3.17. The summed E-state index contributed by atoms with van der Waals surface area (Å²) in [4.78, 5) is 13.2. The first kappa shape index (κ1) is 22.2. The zero-order chi connectivity index (χ0) is 19.8. The quantitative estimate of drug-likeness (QED) is 0.552. The number of carbonyl (C=O) groups excluding carboxylic acids is 1. The minimum absolute atomic E-state index is 0.0716. The van der Waals surface area contributed by atoms with E-state index < -0.39 is 16.4 Å². The summed E-state index contributed by atoms with van der Waals surface area (Å²) < 4.78 is 6.53. The van der Waals surface area contributed by atoms with Gasteiger partial charge in [0.05, 0.1) is 8.07 Å². The fourth-order valence-corrected chi connectivity index (χ4v) is 15.2. The van der Waals surface area contributed by atoms with E-state index in [2.05, 4.69) is 77.8 Å². The predicted octanol–water partition coefficient (Wildman–Crippen LogP) is 6.43. The molecular weight excluding hydrogens is 340 g/mol. The van der Waals surface area contributed by atoms with Crippen molar-refractivity contribution < 1.29 is 9.22 Å². The molecule has 1 aromatic rings. The van der Waals surface area contributed by atoms with Gasteiger partial charge >= 0.3 is 0 Å². The molecule has 2 nitrogen and oxygen atoms in total. The normalized spacial score (nSPS) is 15.0. The molecule has 142 valence electrons. The SMILES string of the molecule is CC(C)(C)C(=O)C([Si](C)(C)C)[Si](C)(C)Oc1ccc(C(C)(C)C)cc1. The standard InChI is InChI=1S/C21H38O2Si2/c1-20(2,3)16-12-14-17(15-13-16)23-25(10,11)19(24(7,8)9)18(22)21(4,5)6/h12-15,19H,1-11H3. The van der Waals surface area contributed by atoms with Crippen LogP contribution in [0.3, 0.4) is 0 Å². The van der Waals surface area contributed by atoms with E-state index in [4.69, 9.17) is 4.43 Å². The third-order valence-corrected chi connectivity index (χ3v) is 13.8. The molecule has 0 saturated carbocycles. The highest BCUT2D eigenvalue weighted by molar-refractivity contribution is 6.98. The molecule has 0 spiro atoms. The Kier molecular flexibility index (Phi) is 6.23. The molecule has 4 heteroatoms. The lowest BCUT2D eigenvalue weighted by molar-refractivity contribution is -0.125. The molecule has 1 aromatic carbocycles. The van der Waals surface area contributed by atoms with Gasteiger partial charge in [-0.25, -0.2) is 0 Å². The minimum atomic E-state index is -2.23. The average molecular weight is 379 g/mol. The van der Waals surface area contributed by atoms with Crippen molar-refractivity contribution in [2.45, 2.75) is 84.9 Å². The van der Waals surface area contributed by atoms with Crippen LogP contribution in [-0.4, -0.2) is 22.2 Å². The summed E-state index contributed by atoms with van der Waals surface area (Å²) in [5.41, 5.74) is 1.11. The highest BCUT2D eigenvalue weighted by Crippen LogP contribution is 2.39. The lowest BCUT2D eigenvalue weighted by Gasteiger charge is -2.41. The Morgan fingerprint density at radius 1 is 0.880 bits per heavy atom. The van der Waals surface area contributed by atoms with Gasteiger partial charge in [0.1, 0.15) is 11.5 Å². The summed E-state index contributed by atoms with van der Waals surface area (Å²) in [6, 6.07) is 8.43. The van der Waals surface area contributed by atoms with Crippen LogP contribution < -0.4 is 4.43 Å². The van der Waals surface area contributed by atoms with Gasteiger partial charge in [0.15, 0.2) is 0 Å². The van der Waals surface area contributed by atoms with Gasteiger partial charge in [-0.1, -0.05) is 73.3 Å². The zero-order valence-electron chi connectivity index (χ0n) is 18.2. The van der Waals surface area contributed by atoms with E-state index in [1.165, 1.54) is 5.56 Å². The molecule has 0 saturated heterocycles. The Morgan fingerprint density at radius 2 is 1.32 bits per heavy atom. The smallest absolute Gasteiger partial charge is 0.252 e. The summed E-state index contributed by atoms with van der Waals surface area (Å²) in [5, 5.41) is 0.0716. The van der Waals surface area contributed by atoms with E-state index >= 15 is 0 Å². The van der Waals surface area contributed by atoms with E-state index in [0.29, 0.717) is 5.78 Å². The van der Waals surface area contributed by atoms with Crippen molar-refractivity contribution in [1.29, 1.82) is 0 Å². The largest absolute Gasteiger partial charge is 0.544 e. The Labute approximate surface area is 157 Å². The van der Waals surface area contributed by atoms with Gasteiger partial charge in [0.2, 0.25) is 0 Å².